The SMILES string of the molecule is CN=C(NCCc1ccc(Cl)cc1)N1CCC(C)C(n2ccnc2)C1.I. The Labute approximate surface area is 177 Å². The summed E-state index contributed by atoms with van der Waals surface area (Å²) in [6.07, 6.45) is 7.93. The number of guanidine groups is 1. The molecule has 0 bridgehead atoms. The number of aliphatic imine (C=N–C) groups is 1. The zero-order valence-corrected chi connectivity index (χ0v) is 18.4. The van der Waals surface area contributed by atoms with Crippen LogP contribution < -0.4 is 5.32 Å². The summed E-state index contributed by atoms with van der Waals surface area (Å²) < 4.78 is 2.22. The first-order valence-corrected chi connectivity index (χ1v) is 9.22. The van der Waals surface area contributed by atoms with E-state index in [1.807, 2.05) is 31.7 Å². The Kier molecular flexibility index (Phi) is 8.21. The van der Waals surface area contributed by atoms with E-state index >= 15 is 0 Å². The molecule has 7 heteroatoms. The molecule has 0 saturated carbocycles. The molecule has 0 spiro atoms. The van der Waals surface area contributed by atoms with Crippen LogP contribution in [0.2, 0.25) is 5.02 Å². The van der Waals surface area contributed by atoms with Crippen molar-refractivity contribution in [3.05, 3.63) is 53.6 Å². The van der Waals surface area contributed by atoms with Gasteiger partial charge in [0.1, 0.15) is 0 Å². The van der Waals surface area contributed by atoms with Crippen molar-refractivity contribution >= 4 is 41.5 Å². The second-order valence-corrected chi connectivity index (χ2v) is 7.08. The number of halogens is 2. The van der Waals surface area contributed by atoms with Gasteiger partial charge in [0.25, 0.3) is 0 Å². The molecule has 2 atom stereocenters. The first-order chi connectivity index (χ1) is 12.2. The van der Waals surface area contributed by atoms with Gasteiger partial charge < -0.3 is 14.8 Å². The Hall–Kier alpha value is -1.28. The van der Waals surface area contributed by atoms with Crippen LogP contribution in [0, 0.1) is 5.92 Å². The van der Waals surface area contributed by atoms with Gasteiger partial charge in [-0.05, 0) is 36.5 Å². The topological polar surface area (TPSA) is 45.5 Å². The van der Waals surface area contributed by atoms with Crippen molar-refractivity contribution in [2.24, 2.45) is 10.9 Å². The molecule has 2 aromatic rings. The molecule has 0 aliphatic carbocycles. The number of imidazole rings is 1. The number of rotatable bonds is 4. The summed E-state index contributed by atoms with van der Waals surface area (Å²) in [5.41, 5.74) is 1.27. The minimum Gasteiger partial charge on any atom is -0.356 e. The van der Waals surface area contributed by atoms with Gasteiger partial charge in [0, 0.05) is 44.1 Å². The average molecular weight is 488 g/mol. The number of hydrogen-bond acceptors (Lipinski definition) is 2. The standard InChI is InChI=1S/C19H26ClN5.HI/c1-15-8-11-24(13-18(15)25-12-10-22-14-25)19(21-2)23-9-7-16-3-5-17(20)6-4-16;/h3-6,10,12,14-15,18H,7-9,11,13H2,1-2H3,(H,21,23);1H. The van der Waals surface area contributed by atoms with Gasteiger partial charge >= 0.3 is 0 Å². The molecule has 2 heterocycles. The molecule has 0 radical (unpaired) electrons. The normalized spacial score (nSPS) is 20.6. The van der Waals surface area contributed by atoms with Crippen molar-refractivity contribution in [1.29, 1.82) is 0 Å². The molecule has 1 aromatic heterocycles. The lowest BCUT2D eigenvalue weighted by atomic mass is 9.93. The van der Waals surface area contributed by atoms with Gasteiger partial charge in [-0.1, -0.05) is 30.7 Å². The Balaban J connectivity index is 0.00000243. The van der Waals surface area contributed by atoms with E-state index in [0.717, 1.165) is 43.5 Å². The number of piperidine rings is 1. The second-order valence-electron chi connectivity index (χ2n) is 6.64. The van der Waals surface area contributed by atoms with Crippen LogP contribution in [0.3, 0.4) is 0 Å². The van der Waals surface area contributed by atoms with Crippen LogP contribution in [0.1, 0.15) is 24.9 Å². The van der Waals surface area contributed by atoms with Crippen molar-refractivity contribution in [3.63, 3.8) is 0 Å². The van der Waals surface area contributed by atoms with Gasteiger partial charge in [-0.3, -0.25) is 4.99 Å². The quantitative estimate of drug-likeness (QED) is 0.405. The summed E-state index contributed by atoms with van der Waals surface area (Å²) in [4.78, 5) is 11.0. The number of nitrogens with zero attached hydrogens (tertiary/aromatic N) is 4. The third-order valence-corrected chi connectivity index (χ3v) is 5.20. The van der Waals surface area contributed by atoms with Gasteiger partial charge in [0.2, 0.25) is 0 Å². The van der Waals surface area contributed by atoms with Gasteiger partial charge in [0.15, 0.2) is 5.96 Å². The van der Waals surface area contributed by atoms with E-state index in [1.165, 1.54) is 5.56 Å². The van der Waals surface area contributed by atoms with Crippen molar-refractivity contribution in [2.75, 3.05) is 26.7 Å². The number of hydrogen-bond donors (Lipinski definition) is 1. The summed E-state index contributed by atoms with van der Waals surface area (Å²) in [5.74, 6) is 1.61. The van der Waals surface area contributed by atoms with Gasteiger partial charge in [0.05, 0.1) is 12.4 Å². The fourth-order valence-corrected chi connectivity index (χ4v) is 3.52. The molecule has 1 aliphatic heterocycles. The maximum absolute atomic E-state index is 5.94. The average Bonchev–Trinajstić information content (AvgIpc) is 3.15. The van der Waals surface area contributed by atoms with Crippen LogP contribution in [-0.4, -0.2) is 47.1 Å². The fraction of sp³-hybridized carbons (Fsp3) is 0.474. The van der Waals surface area contributed by atoms with E-state index in [9.17, 15) is 0 Å². The lowest BCUT2D eigenvalue weighted by Gasteiger charge is -2.39. The molecule has 1 aliphatic rings. The fourth-order valence-electron chi connectivity index (χ4n) is 3.40. The maximum atomic E-state index is 5.94. The Bertz CT molecular complexity index is 686. The second kappa shape index (κ2) is 10.2. The maximum Gasteiger partial charge on any atom is 0.193 e. The Morgan fingerprint density at radius 2 is 2.12 bits per heavy atom. The number of aromatic nitrogens is 2. The van der Waals surface area contributed by atoms with Crippen molar-refractivity contribution < 1.29 is 0 Å². The summed E-state index contributed by atoms with van der Waals surface area (Å²) >= 11 is 5.94. The molecular formula is C19H27ClIN5. The molecule has 1 N–H and O–H groups in total. The van der Waals surface area contributed by atoms with Gasteiger partial charge in [-0.15, -0.1) is 24.0 Å². The Morgan fingerprint density at radius 3 is 2.77 bits per heavy atom. The smallest absolute Gasteiger partial charge is 0.193 e. The van der Waals surface area contributed by atoms with Crippen LogP contribution >= 0.6 is 35.6 Å². The van der Waals surface area contributed by atoms with Crippen molar-refractivity contribution in [3.8, 4) is 0 Å². The van der Waals surface area contributed by atoms with Gasteiger partial charge in [-0.25, -0.2) is 4.98 Å². The van der Waals surface area contributed by atoms with Crippen LogP contribution in [0.25, 0.3) is 0 Å². The summed E-state index contributed by atoms with van der Waals surface area (Å²) in [7, 11) is 1.86. The molecule has 142 valence electrons. The van der Waals surface area contributed by atoms with Crippen LogP contribution in [0.4, 0.5) is 0 Å². The molecule has 26 heavy (non-hydrogen) atoms. The predicted octanol–water partition coefficient (Wildman–Crippen LogP) is 3.86. The lowest BCUT2D eigenvalue weighted by Crippen LogP contribution is -2.49. The summed E-state index contributed by atoms with van der Waals surface area (Å²) in [6.45, 7) is 5.17. The molecule has 5 nitrogen and oxygen atoms in total. The molecule has 3 rings (SSSR count). The first kappa shape index (κ1) is 21.0. The molecule has 1 saturated heterocycles. The third kappa shape index (κ3) is 5.36. The molecule has 0 amide bonds. The van der Waals surface area contributed by atoms with Crippen molar-refractivity contribution in [2.45, 2.75) is 25.8 Å². The lowest BCUT2D eigenvalue weighted by molar-refractivity contribution is 0.189. The molecule has 1 aromatic carbocycles. The van der Waals surface area contributed by atoms with Crippen LogP contribution in [-0.2, 0) is 6.42 Å². The number of nitrogens with one attached hydrogen (secondary N) is 1. The van der Waals surface area contributed by atoms with E-state index in [2.05, 4.69) is 50.0 Å². The monoisotopic (exact) mass is 487 g/mol. The molecule has 1 fully saturated rings. The van der Waals surface area contributed by atoms with E-state index in [-0.39, 0.29) is 24.0 Å². The third-order valence-electron chi connectivity index (χ3n) is 4.95. The van der Waals surface area contributed by atoms with E-state index in [1.54, 1.807) is 0 Å². The molecular weight excluding hydrogens is 461 g/mol. The number of likely N-dealkylation sites (tertiary alicyclic amines) is 1. The van der Waals surface area contributed by atoms with Crippen LogP contribution in [0.15, 0.2) is 48.0 Å². The van der Waals surface area contributed by atoms with E-state index < -0.39 is 0 Å². The van der Waals surface area contributed by atoms with Crippen molar-refractivity contribution in [1.82, 2.24) is 19.8 Å². The predicted molar refractivity (Wildman–Crippen MR) is 119 cm³/mol. The Morgan fingerprint density at radius 1 is 1.35 bits per heavy atom. The van der Waals surface area contributed by atoms with E-state index in [0.29, 0.717) is 12.0 Å². The van der Waals surface area contributed by atoms with Gasteiger partial charge in [-0.2, -0.15) is 0 Å². The number of benzene rings is 1. The molecule has 2 unspecified atom stereocenters. The first-order valence-electron chi connectivity index (χ1n) is 8.85. The highest BCUT2D eigenvalue weighted by Crippen LogP contribution is 2.27. The minimum absolute atomic E-state index is 0. The highest BCUT2D eigenvalue weighted by Gasteiger charge is 2.28. The zero-order valence-electron chi connectivity index (χ0n) is 15.3. The minimum atomic E-state index is 0. The van der Waals surface area contributed by atoms with Crippen LogP contribution in [0.5, 0.6) is 0 Å². The summed E-state index contributed by atoms with van der Waals surface area (Å²) in [5, 5.41) is 4.28. The highest BCUT2D eigenvalue weighted by atomic mass is 127. The summed E-state index contributed by atoms with van der Waals surface area (Å²) in [6, 6.07) is 8.46. The highest BCUT2D eigenvalue weighted by molar-refractivity contribution is 14.0. The largest absolute Gasteiger partial charge is 0.356 e. The zero-order chi connectivity index (χ0) is 17.6. The van der Waals surface area contributed by atoms with E-state index in [4.69, 9.17) is 11.6 Å².